The second kappa shape index (κ2) is 5.01. The average molecular weight is 246 g/mol. The molecule has 0 aliphatic heterocycles. The first kappa shape index (κ1) is 11.7. The standard InChI is InChI=1S/C13H11FN2S/c14-11-8-9(13(15)16)6-7-12(11)17-10-4-2-1-3-5-10/h1-8H,(H3,15,16). The van der Waals surface area contributed by atoms with Gasteiger partial charge in [0.1, 0.15) is 11.7 Å². The Morgan fingerprint density at radius 2 is 1.82 bits per heavy atom. The van der Waals surface area contributed by atoms with Crippen molar-refractivity contribution in [1.29, 1.82) is 5.41 Å². The van der Waals surface area contributed by atoms with Crippen LogP contribution in [0, 0.1) is 11.2 Å². The summed E-state index contributed by atoms with van der Waals surface area (Å²) in [5.74, 6) is -0.480. The van der Waals surface area contributed by atoms with Crippen LogP contribution in [-0.4, -0.2) is 5.84 Å². The maximum Gasteiger partial charge on any atom is 0.137 e. The molecule has 0 aromatic heterocycles. The van der Waals surface area contributed by atoms with E-state index in [1.165, 1.54) is 17.8 Å². The molecule has 0 bridgehead atoms. The van der Waals surface area contributed by atoms with Crippen LogP contribution in [0.5, 0.6) is 0 Å². The minimum Gasteiger partial charge on any atom is -0.384 e. The van der Waals surface area contributed by atoms with Crippen molar-refractivity contribution in [2.75, 3.05) is 0 Å². The predicted molar refractivity (Wildman–Crippen MR) is 68.0 cm³/mol. The minimum absolute atomic E-state index is 0.125. The molecule has 0 spiro atoms. The fourth-order valence-electron chi connectivity index (χ4n) is 1.37. The first-order chi connectivity index (χ1) is 8.16. The van der Waals surface area contributed by atoms with E-state index in [2.05, 4.69) is 0 Å². The van der Waals surface area contributed by atoms with Crippen LogP contribution in [0.25, 0.3) is 0 Å². The highest BCUT2D eigenvalue weighted by Crippen LogP contribution is 2.29. The molecule has 0 amide bonds. The van der Waals surface area contributed by atoms with Gasteiger partial charge in [0.15, 0.2) is 0 Å². The Bertz CT molecular complexity index is 540. The SMILES string of the molecule is N=C(N)c1ccc(Sc2ccccc2)c(F)c1. The molecule has 2 aromatic rings. The zero-order valence-corrected chi connectivity index (χ0v) is 9.80. The molecule has 0 aliphatic carbocycles. The first-order valence-electron chi connectivity index (χ1n) is 5.03. The largest absolute Gasteiger partial charge is 0.384 e. The fourth-order valence-corrected chi connectivity index (χ4v) is 2.21. The van der Waals surface area contributed by atoms with Gasteiger partial charge in [0, 0.05) is 15.4 Å². The van der Waals surface area contributed by atoms with Crippen molar-refractivity contribution in [2.24, 2.45) is 5.73 Å². The van der Waals surface area contributed by atoms with Crippen LogP contribution in [0.2, 0.25) is 0 Å². The van der Waals surface area contributed by atoms with Gasteiger partial charge < -0.3 is 5.73 Å². The molecule has 2 aromatic carbocycles. The summed E-state index contributed by atoms with van der Waals surface area (Å²) in [5.41, 5.74) is 5.70. The van der Waals surface area contributed by atoms with Crippen molar-refractivity contribution < 1.29 is 4.39 Å². The van der Waals surface area contributed by atoms with Crippen molar-refractivity contribution in [2.45, 2.75) is 9.79 Å². The van der Waals surface area contributed by atoms with E-state index in [0.717, 1.165) is 4.90 Å². The molecule has 0 heterocycles. The average Bonchev–Trinajstić information content (AvgIpc) is 2.33. The van der Waals surface area contributed by atoms with Gasteiger partial charge in [-0.15, -0.1) is 0 Å². The molecule has 2 nitrogen and oxygen atoms in total. The summed E-state index contributed by atoms with van der Waals surface area (Å²) in [7, 11) is 0. The van der Waals surface area contributed by atoms with Crippen LogP contribution >= 0.6 is 11.8 Å². The maximum absolute atomic E-state index is 13.7. The van der Waals surface area contributed by atoms with Crippen molar-refractivity contribution in [3.8, 4) is 0 Å². The number of rotatable bonds is 3. The highest BCUT2D eigenvalue weighted by molar-refractivity contribution is 7.99. The van der Waals surface area contributed by atoms with E-state index < -0.39 is 0 Å². The molecule has 86 valence electrons. The number of hydrogen-bond donors (Lipinski definition) is 2. The fraction of sp³-hybridized carbons (Fsp3) is 0. The van der Waals surface area contributed by atoms with Crippen molar-refractivity contribution >= 4 is 17.6 Å². The second-order valence-electron chi connectivity index (χ2n) is 3.47. The van der Waals surface area contributed by atoms with Gasteiger partial charge in [-0.3, -0.25) is 5.41 Å². The van der Waals surface area contributed by atoms with E-state index in [9.17, 15) is 4.39 Å². The maximum atomic E-state index is 13.7. The first-order valence-corrected chi connectivity index (χ1v) is 5.85. The molecule has 0 fully saturated rings. The van der Waals surface area contributed by atoms with Crippen LogP contribution in [-0.2, 0) is 0 Å². The zero-order valence-electron chi connectivity index (χ0n) is 8.98. The normalized spacial score (nSPS) is 10.2. The van der Waals surface area contributed by atoms with E-state index >= 15 is 0 Å². The molecule has 0 unspecified atom stereocenters. The Labute approximate surface area is 103 Å². The minimum atomic E-state index is -0.355. The predicted octanol–water partition coefficient (Wildman–Crippen LogP) is 3.26. The topological polar surface area (TPSA) is 49.9 Å². The lowest BCUT2D eigenvalue weighted by Crippen LogP contribution is -2.11. The third-order valence-corrected chi connectivity index (χ3v) is 3.27. The van der Waals surface area contributed by atoms with Gasteiger partial charge in [-0.2, -0.15) is 0 Å². The number of nitrogen functional groups attached to an aromatic ring is 1. The van der Waals surface area contributed by atoms with E-state index in [1.807, 2.05) is 30.3 Å². The smallest absolute Gasteiger partial charge is 0.137 e. The Morgan fingerprint density at radius 1 is 1.12 bits per heavy atom. The highest BCUT2D eigenvalue weighted by atomic mass is 32.2. The van der Waals surface area contributed by atoms with Gasteiger partial charge in [0.05, 0.1) is 0 Å². The molecule has 0 radical (unpaired) electrons. The lowest BCUT2D eigenvalue weighted by atomic mass is 10.2. The number of amidine groups is 1. The quantitative estimate of drug-likeness (QED) is 0.645. The van der Waals surface area contributed by atoms with Crippen molar-refractivity contribution in [3.05, 3.63) is 59.9 Å². The van der Waals surface area contributed by atoms with Gasteiger partial charge in [-0.25, -0.2) is 4.39 Å². The molecule has 17 heavy (non-hydrogen) atoms. The van der Waals surface area contributed by atoms with Crippen molar-refractivity contribution in [3.63, 3.8) is 0 Å². The van der Waals surface area contributed by atoms with Gasteiger partial charge in [-0.1, -0.05) is 30.0 Å². The monoisotopic (exact) mass is 246 g/mol. The zero-order chi connectivity index (χ0) is 12.3. The summed E-state index contributed by atoms with van der Waals surface area (Å²) in [6, 6.07) is 14.1. The molecular weight excluding hydrogens is 235 g/mol. The van der Waals surface area contributed by atoms with Gasteiger partial charge in [0.2, 0.25) is 0 Å². The van der Waals surface area contributed by atoms with Crippen LogP contribution in [0.4, 0.5) is 4.39 Å². The summed E-state index contributed by atoms with van der Waals surface area (Å²) < 4.78 is 13.7. The van der Waals surface area contributed by atoms with Gasteiger partial charge in [-0.05, 0) is 30.3 Å². The van der Waals surface area contributed by atoms with Gasteiger partial charge >= 0.3 is 0 Å². The van der Waals surface area contributed by atoms with Crippen LogP contribution in [0.1, 0.15) is 5.56 Å². The lowest BCUT2D eigenvalue weighted by Gasteiger charge is -2.05. The Hall–Kier alpha value is -1.81. The van der Waals surface area contributed by atoms with E-state index in [-0.39, 0.29) is 11.7 Å². The number of nitrogens with one attached hydrogen (secondary N) is 1. The molecule has 0 saturated carbocycles. The lowest BCUT2D eigenvalue weighted by molar-refractivity contribution is 0.601. The van der Waals surface area contributed by atoms with E-state index in [1.54, 1.807) is 12.1 Å². The van der Waals surface area contributed by atoms with Crippen LogP contribution < -0.4 is 5.73 Å². The number of halogens is 1. The molecule has 0 atom stereocenters. The van der Waals surface area contributed by atoms with Crippen LogP contribution in [0.15, 0.2) is 58.3 Å². The van der Waals surface area contributed by atoms with E-state index in [0.29, 0.717) is 10.5 Å². The summed E-state index contributed by atoms with van der Waals surface area (Å²) in [6.45, 7) is 0. The van der Waals surface area contributed by atoms with E-state index in [4.69, 9.17) is 11.1 Å². The molecule has 0 saturated heterocycles. The Balaban J connectivity index is 2.26. The number of benzene rings is 2. The molecule has 2 rings (SSSR count). The van der Waals surface area contributed by atoms with Gasteiger partial charge in [0.25, 0.3) is 0 Å². The number of hydrogen-bond acceptors (Lipinski definition) is 2. The summed E-state index contributed by atoms with van der Waals surface area (Å²) >= 11 is 1.35. The van der Waals surface area contributed by atoms with Crippen molar-refractivity contribution in [1.82, 2.24) is 0 Å². The third-order valence-electron chi connectivity index (χ3n) is 2.21. The molecular formula is C13H11FN2S. The Kier molecular flexibility index (Phi) is 3.44. The van der Waals surface area contributed by atoms with Crippen LogP contribution in [0.3, 0.4) is 0 Å². The number of nitrogens with two attached hydrogens (primary N) is 1. The highest BCUT2D eigenvalue weighted by Gasteiger charge is 2.06. The molecule has 3 N–H and O–H groups in total. The second-order valence-corrected chi connectivity index (χ2v) is 4.59. The summed E-state index contributed by atoms with van der Waals surface area (Å²) in [4.78, 5) is 1.50. The molecule has 0 aliphatic rings. The summed E-state index contributed by atoms with van der Waals surface area (Å²) in [6.07, 6.45) is 0. The third kappa shape index (κ3) is 2.85. The summed E-state index contributed by atoms with van der Waals surface area (Å²) in [5, 5.41) is 7.23. The molecule has 4 heteroatoms. The Morgan fingerprint density at radius 3 is 2.41 bits per heavy atom.